The molecule has 1 aromatic carbocycles. The van der Waals surface area contributed by atoms with Crippen molar-refractivity contribution in [2.45, 2.75) is 13.2 Å². The average Bonchev–Trinajstić information content (AvgIpc) is 2.54. The number of nitro benzene ring substituents is 1. The van der Waals surface area contributed by atoms with Gasteiger partial charge in [0.1, 0.15) is 10.7 Å². The molecular weight excluding hydrogens is 336 g/mol. The van der Waals surface area contributed by atoms with E-state index in [1.54, 1.807) is 32.0 Å². The Morgan fingerprint density at radius 3 is 2.79 bits per heavy atom. The fraction of sp³-hybridized carbons (Fsp3) is 0.333. The standard InChI is InChI=1S/C15H17ClN4O4/c1-4-24-14(21)11-12(17-15(19(2)3)18-13(11)16)9-6-5-7-10(8-9)20(22)23/h5-8,15,17H,4H2,1-3H3. The summed E-state index contributed by atoms with van der Waals surface area (Å²) in [5, 5.41) is 14.1. The third kappa shape index (κ3) is 3.72. The highest BCUT2D eigenvalue weighted by atomic mass is 35.5. The molecule has 1 heterocycles. The Hall–Kier alpha value is -2.45. The number of nitrogens with zero attached hydrogens (tertiary/aromatic N) is 3. The summed E-state index contributed by atoms with van der Waals surface area (Å²) in [5.41, 5.74) is 0.755. The predicted octanol–water partition coefficient (Wildman–Crippen LogP) is 1.95. The number of carbonyl (C=O) groups excluding carboxylic acids is 1. The normalized spacial score (nSPS) is 17.4. The van der Waals surface area contributed by atoms with Crippen molar-refractivity contribution in [3.63, 3.8) is 0 Å². The molecule has 0 spiro atoms. The van der Waals surface area contributed by atoms with E-state index in [0.29, 0.717) is 11.3 Å². The maximum Gasteiger partial charge on any atom is 0.343 e. The fourth-order valence-electron chi connectivity index (χ4n) is 2.15. The molecule has 0 saturated carbocycles. The summed E-state index contributed by atoms with van der Waals surface area (Å²) >= 11 is 6.19. The maximum absolute atomic E-state index is 12.3. The molecule has 0 radical (unpaired) electrons. The number of ether oxygens (including phenoxy) is 1. The molecule has 0 aliphatic carbocycles. The first-order valence-electron chi connectivity index (χ1n) is 7.18. The summed E-state index contributed by atoms with van der Waals surface area (Å²) in [6, 6.07) is 5.92. The van der Waals surface area contributed by atoms with E-state index >= 15 is 0 Å². The van der Waals surface area contributed by atoms with Crippen LogP contribution in [0.1, 0.15) is 12.5 Å². The zero-order valence-electron chi connectivity index (χ0n) is 13.4. The van der Waals surface area contributed by atoms with Crippen LogP contribution in [0.2, 0.25) is 0 Å². The number of carbonyl (C=O) groups is 1. The van der Waals surface area contributed by atoms with Gasteiger partial charge in [0.25, 0.3) is 5.69 Å². The Bertz CT molecular complexity index is 730. The van der Waals surface area contributed by atoms with Gasteiger partial charge in [-0.1, -0.05) is 23.7 Å². The number of esters is 1. The van der Waals surface area contributed by atoms with E-state index in [9.17, 15) is 14.9 Å². The van der Waals surface area contributed by atoms with Crippen molar-refractivity contribution in [3.8, 4) is 0 Å². The summed E-state index contributed by atoms with van der Waals surface area (Å²) < 4.78 is 5.03. The smallest absolute Gasteiger partial charge is 0.343 e. The van der Waals surface area contributed by atoms with Gasteiger partial charge in [-0.2, -0.15) is 0 Å². The zero-order chi connectivity index (χ0) is 17.9. The second-order valence-electron chi connectivity index (χ2n) is 5.18. The first-order chi connectivity index (χ1) is 11.3. The van der Waals surface area contributed by atoms with Crippen LogP contribution in [0.5, 0.6) is 0 Å². The molecule has 24 heavy (non-hydrogen) atoms. The molecule has 0 amide bonds. The number of nitrogens with one attached hydrogen (secondary N) is 1. The maximum atomic E-state index is 12.3. The van der Waals surface area contributed by atoms with Crippen molar-refractivity contribution < 1.29 is 14.5 Å². The zero-order valence-corrected chi connectivity index (χ0v) is 14.2. The van der Waals surface area contributed by atoms with Gasteiger partial charge in [-0.05, 0) is 21.0 Å². The van der Waals surface area contributed by atoms with Crippen LogP contribution < -0.4 is 5.32 Å². The Labute approximate surface area is 143 Å². The van der Waals surface area contributed by atoms with E-state index < -0.39 is 17.2 Å². The van der Waals surface area contributed by atoms with E-state index in [1.165, 1.54) is 18.2 Å². The molecule has 1 unspecified atom stereocenters. The van der Waals surface area contributed by atoms with Crippen LogP contribution in [0.15, 0.2) is 34.8 Å². The minimum atomic E-state index is -0.641. The highest BCUT2D eigenvalue weighted by Gasteiger charge is 2.30. The lowest BCUT2D eigenvalue weighted by molar-refractivity contribution is -0.384. The Morgan fingerprint density at radius 1 is 1.50 bits per heavy atom. The van der Waals surface area contributed by atoms with Crippen molar-refractivity contribution in [1.29, 1.82) is 0 Å². The van der Waals surface area contributed by atoms with E-state index in [2.05, 4.69) is 10.3 Å². The van der Waals surface area contributed by atoms with E-state index in [4.69, 9.17) is 16.3 Å². The topological polar surface area (TPSA) is 97.1 Å². The van der Waals surface area contributed by atoms with Crippen molar-refractivity contribution in [3.05, 3.63) is 45.5 Å². The van der Waals surface area contributed by atoms with Gasteiger partial charge in [0.2, 0.25) is 0 Å². The summed E-state index contributed by atoms with van der Waals surface area (Å²) in [5.74, 6) is -0.641. The Morgan fingerprint density at radius 2 is 2.21 bits per heavy atom. The lowest BCUT2D eigenvalue weighted by atomic mass is 10.0. The molecule has 1 aliphatic rings. The summed E-state index contributed by atoms with van der Waals surface area (Å²) in [4.78, 5) is 28.7. The number of benzene rings is 1. The molecule has 0 aromatic heterocycles. The Balaban J connectivity index is 2.58. The second-order valence-corrected chi connectivity index (χ2v) is 5.54. The summed E-state index contributed by atoms with van der Waals surface area (Å²) in [7, 11) is 3.57. The second kappa shape index (κ2) is 7.41. The SMILES string of the molecule is CCOC(=O)C1=C(c2cccc([N+](=O)[O-])c2)NC(N(C)C)N=C1Cl. The molecule has 2 rings (SSSR count). The van der Waals surface area contributed by atoms with Crippen molar-refractivity contribution in [1.82, 2.24) is 10.2 Å². The van der Waals surface area contributed by atoms with Crippen LogP contribution >= 0.6 is 11.6 Å². The van der Waals surface area contributed by atoms with E-state index in [1.807, 2.05) is 0 Å². The van der Waals surface area contributed by atoms with Crippen LogP contribution in [0, 0.1) is 10.1 Å². The monoisotopic (exact) mass is 352 g/mol. The number of aliphatic imine (C=N–C) groups is 1. The largest absolute Gasteiger partial charge is 0.462 e. The van der Waals surface area contributed by atoms with Crippen LogP contribution in [-0.4, -0.2) is 48.0 Å². The minimum absolute atomic E-state index is 0.00703. The Kier molecular flexibility index (Phi) is 5.53. The highest BCUT2D eigenvalue weighted by Crippen LogP contribution is 2.27. The van der Waals surface area contributed by atoms with Crippen LogP contribution in [0.3, 0.4) is 0 Å². The summed E-state index contributed by atoms with van der Waals surface area (Å²) in [6.07, 6.45) is -0.509. The van der Waals surface area contributed by atoms with Gasteiger partial charge < -0.3 is 10.1 Å². The third-order valence-corrected chi connectivity index (χ3v) is 3.57. The molecular formula is C15H17ClN4O4. The minimum Gasteiger partial charge on any atom is -0.462 e. The number of halogens is 1. The van der Waals surface area contributed by atoms with Gasteiger partial charge in [0.05, 0.1) is 17.2 Å². The molecule has 1 atom stereocenters. The van der Waals surface area contributed by atoms with Gasteiger partial charge in [0.15, 0.2) is 6.29 Å². The van der Waals surface area contributed by atoms with Crippen LogP contribution in [-0.2, 0) is 9.53 Å². The van der Waals surface area contributed by atoms with E-state index in [-0.39, 0.29) is 23.0 Å². The van der Waals surface area contributed by atoms with Crippen molar-refractivity contribution in [2.75, 3.05) is 20.7 Å². The number of hydrogen-bond acceptors (Lipinski definition) is 7. The first kappa shape index (κ1) is 17.9. The van der Waals surface area contributed by atoms with Crippen LogP contribution in [0.4, 0.5) is 5.69 Å². The molecule has 1 aliphatic heterocycles. The van der Waals surface area contributed by atoms with Crippen molar-refractivity contribution in [2.24, 2.45) is 4.99 Å². The highest BCUT2D eigenvalue weighted by molar-refractivity contribution is 6.73. The van der Waals surface area contributed by atoms with Crippen molar-refractivity contribution >= 4 is 34.1 Å². The number of non-ortho nitro benzene ring substituents is 1. The van der Waals surface area contributed by atoms with Gasteiger partial charge >= 0.3 is 5.97 Å². The predicted molar refractivity (Wildman–Crippen MR) is 90.5 cm³/mol. The van der Waals surface area contributed by atoms with Gasteiger partial charge in [0, 0.05) is 17.7 Å². The molecule has 0 saturated heterocycles. The van der Waals surface area contributed by atoms with Gasteiger partial charge in [-0.3, -0.25) is 15.0 Å². The first-order valence-corrected chi connectivity index (χ1v) is 7.55. The van der Waals surface area contributed by atoms with E-state index in [0.717, 1.165) is 0 Å². The molecule has 1 aromatic rings. The molecule has 1 N–H and O–H groups in total. The van der Waals surface area contributed by atoms with Gasteiger partial charge in [-0.15, -0.1) is 0 Å². The number of hydrogen-bond donors (Lipinski definition) is 1. The third-order valence-electron chi connectivity index (χ3n) is 3.28. The number of rotatable bonds is 5. The quantitative estimate of drug-likeness (QED) is 0.494. The van der Waals surface area contributed by atoms with Gasteiger partial charge in [-0.25, -0.2) is 9.79 Å². The lowest BCUT2D eigenvalue weighted by Gasteiger charge is -2.29. The molecule has 8 nitrogen and oxygen atoms in total. The fourth-order valence-corrected chi connectivity index (χ4v) is 2.41. The van der Waals surface area contributed by atoms with Crippen LogP contribution in [0.25, 0.3) is 5.70 Å². The molecule has 9 heteroatoms. The summed E-state index contributed by atoms with van der Waals surface area (Å²) in [6.45, 7) is 1.85. The molecule has 128 valence electrons. The number of nitro groups is 1. The lowest BCUT2D eigenvalue weighted by Crippen LogP contribution is -2.43. The molecule has 0 bridgehead atoms. The average molecular weight is 353 g/mol. The molecule has 0 fully saturated rings.